The standard InChI is InChI=1S/C15H21NO5/c1-11(2)21-15(18)20-10-19-14(17)13(16-3)9-12-7-5-4-6-8-12/h4-8,11,13,16H,9-10H2,1-3H3. The minimum absolute atomic E-state index is 0.281. The van der Waals surface area contributed by atoms with Crippen molar-refractivity contribution in [1.29, 1.82) is 0 Å². The molecule has 0 heterocycles. The zero-order valence-electron chi connectivity index (χ0n) is 12.5. The van der Waals surface area contributed by atoms with Crippen LogP contribution < -0.4 is 5.32 Å². The first-order valence-electron chi connectivity index (χ1n) is 6.74. The molecule has 0 bridgehead atoms. The molecule has 1 aromatic rings. The average Bonchev–Trinajstić information content (AvgIpc) is 2.44. The lowest BCUT2D eigenvalue weighted by Gasteiger charge is -2.15. The lowest BCUT2D eigenvalue weighted by atomic mass is 10.1. The van der Waals surface area contributed by atoms with Gasteiger partial charge in [0, 0.05) is 0 Å². The lowest BCUT2D eigenvalue weighted by molar-refractivity contribution is -0.156. The molecule has 0 spiro atoms. The molecule has 1 aromatic carbocycles. The lowest BCUT2D eigenvalue weighted by Crippen LogP contribution is -2.38. The molecule has 116 valence electrons. The molecule has 6 nitrogen and oxygen atoms in total. The van der Waals surface area contributed by atoms with Crippen molar-refractivity contribution in [2.24, 2.45) is 0 Å². The van der Waals surface area contributed by atoms with Crippen LogP contribution in [-0.2, 0) is 25.4 Å². The summed E-state index contributed by atoms with van der Waals surface area (Å²) in [6, 6.07) is 9.06. The number of rotatable bonds is 7. The highest BCUT2D eigenvalue weighted by Crippen LogP contribution is 2.04. The van der Waals surface area contributed by atoms with Crippen molar-refractivity contribution in [3.63, 3.8) is 0 Å². The van der Waals surface area contributed by atoms with Crippen LogP contribution in [0.4, 0.5) is 4.79 Å². The number of esters is 1. The fourth-order valence-electron chi connectivity index (χ4n) is 1.62. The zero-order valence-corrected chi connectivity index (χ0v) is 12.5. The number of carbonyl (C=O) groups is 2. The summed E-state index contributed by atoms with van der Waals surface area (Å²) in [5.74, 6) is -0.487. The fraction of sp³-hybridized carbons (Fsp3) is 0.467. The summed E-state index contributed by atoms with van der Waals surface area (Å²) in [5.41, 5.74) is 1.01. The van der Waals surface area contributed by atoms with Gasteiger partial charge in [0.1, 0.15) is 6.04 Å². The first kappa shape index (κ1) is 17.0. The van der Waals surface area contributed by atoms with Gasteiger partial charge < -0.3 is 19.5 Å². The summed E-state index contributed by atoms with van der Waals surface area (Å²) in [6.07, 6.45) is -0.648. The Hall–Kier alpha value is -2.08. The predicted molar refractivity (Wildman–Crippen MR) is 76.7 cm³/mol. The third-order valence-corrected chi connectivity index (χ3v) is 2.63. The van der Waals surface area contributed by atoms with E-state index in [0.29, 0.717) is 6.42 Å². The largest absolute Gasteiger partial charge is 0.511 e. The molecule has 1 N–H and O–H groups in total. The number of carbonyl (C=O) groups excluding carboxylic acids is 2. The summed E-state index contributed by atoms with van der Waals surface area (Å²) < 4.78 is 14.3. The van der Waals surface area contributed by atoms with Gasteiger partial charge >= 0.3 is 12.1 Å². The third kappa shape index (κ3) is 6.76. The highest BCUT2D eigenvalue weighted by Gasteiger charge is 2.19. The van der Waals surface area contributed by atoms with Crippen molar-refractivity contribution in [1.82, 2.24) is 5.32 Å². The summed E-state index contributed by atoms with van der Waals surface area (Å²) in [6.45, 7) is 2.94. The van der Waals surface area contributed by atoms with Gasteiger partial charge in [-0.05, 0) is 32.9 Å². The fourth-order valence-corrected chi connectivity index (χ4v) is 1.62. The molecule has 0 aromatic heterocycles. The van der Waals surface area contributed by atoms with Crippen LogP contribution >= 0.6 is 0 Å². The molecule has 1 atom stereocenters. The van der Waals surface area contributed by atoms with E-state index < -0.39 is 25.0 Å². The van der Waals surface area contributed by atoms with Crippen LogP contribution in [0.25, 0.3) is 0 Å². The van der Waals surface area contributed by atoms with E-state index in [1.54, 1.807) is 20.9 Å². The van der Waals surface area contributed by atoms with Gasteiger partial charge in [-0.15, -0.1) is 0 Å². The van der Waals surface area contributed by atoms with Gasteiger partial charge in [0.05, 0.1) is 6.10 Å². The summed E-state index contributed by atoms with van der Waals surface area (Å²) >= 11 is 0. The number of hydrogen-bond acceptors (Lipinski definition) is 6. The molecule has 0 amide bonds. The van der Waals surface area contributed by atoms with Crippen molar-refractivity contribution >= 4 is 12.1 Å². The van der Waals surface area contributed by atoms with Crippen molar-refractivity contribution in [3.8, 4) is 0 Å². The molecular weight excluding hydrogens is 274 g/mol. The van der Waals surface area contributed by atoms with E-state index in [2.05, 4.69) is 10.1 Å². The van der Waals surface area contributed by atoms with Crippen molar-refractivity contribution in [2.75, 3.05) is 13.8 Å². The highest BCUT2D eigenvalue weighted by atomic mass is 16.8. The molecule has 0 fully saturated rings. The molecule has 1 rings (SSSR count). The second kappa shape index (κ2) is 8.97. The average molecular weight is 295 g/mol. The molecular formula is C15H21NO5. The molecule has 6 heteroatoms. The first-order chi connectivity index (χ1) is 10.0. The molecule has 0 saturated heterocycles. The van der Waals surface area contributed by atoms with Gasteiger partial charge in [0.15, 0.2) is 0 Å². The van der Waals surface area contributed by atoms with Gasteiger partial charge in [0.25, 0.3) is 0 Å². The number of benzene rings is 1. The normalized spacial score (nSPS) is 11.8. The van der Waals surface area contributed by atoms with Gasteiger partial charge in [-0.2, -0.15) is 0 Å². The van der Waals surface area contributed by atoms with Crippen LogP contribution in [0.1, 0.15) is 19.4 Å². The van der Waals surface area contributed by atoms with Crippen molar-refractivity contribution in [2.45, 2.75) is 32.4 Å². The highest BCUT2D eigenvalue weighted by molar-refractivity contribution is 5.76. The maximum absolute atomic E-state index is 11.9. The van der Waals surface area contributed by atoms with E-state index in [9.17, 15) is 9.59 Å². The summed E-state index contributed by atoms with van der Waals surface area (Å²) in [4.78, 5) is 23.0. The third-order valence-electron chi connectivity index (χ3n) is 2.63. The van der Waals surface area contributed by atoms with E-state index in [1.165, 1.54) is 0 Å². The molecule has 0 aliphatic heterocycles. The minimum atomic E-state index is -0.859. The Labute approximate surface area is 124 Å². The Kier molecular flexibility index (Phi) is 7.25. The number of nitrogens with one attached hydrogen (secondary N) is 1. The SMILES string of the molecule is CNC(Cc1ccccc1)C(=O)OCOC(=O)OC(C)C. The molecule has 1 unspecified atom stereocenters. The molecule has 21 heavy (non-hydrogen) atoms. The van der Waals surface area contributed by atoms with Gasteiger partial charge in [-0.25, -0.2) is 4.79 Å². The first-order valence-corrected chi connectivity index (χ1v) is 6.74. The molecule has 0 aliphatic rings. The molecule has 0 aliphatic carbocycles. The Morgan fingerprint density at radius 2 is 1.81 bits per heavy atom. The Bertz CT molecular complexity index is 447. The van der Waals surface area contributed by atoms with Crippen molar-refractivity contribution in [3.05, 3.63) is 35.9 Å². The number of ether oxygens (including phenoxy) is 3. The van der Waals surface area contributed by atoms with E-state index in [1.807, 2.05) is 30.3 Å². The van der Waals surface area contributed by atoms with Crippen molar-refractivity contribution < 1.29 is 23.8 Å². The van der Waals surface area contributed by atoms with Gasteiger partial charge in [0.2, 0.25) is 6.79 Å². The van der Waals surface area contributed by atoms with E-state index in [-0.39, 0.29) is 6.10 Å². The van der Waals surface area contributed by atoms with Gasteiger partial charge in [-0.3, -0.25) is 4.79 Å². The second-order valence-corrected chi connectivity index (χ2v) is 4.67. The Balaban J connectivity index is 2.36. The van der Waals surface area contributed by atoms with E-state index in [4.69, 9.17) is 9.47 Å². The quantitative estimate of drug-likeness (QED) is 0.611. The second-order valence-electron chi connectivity index (χ2n) is 4.67. The Morgan fingerprint density at radius 3 is 2.38 bits per heavy atom. The monoisotopic (exact) mass is 295 g/mol. The van der Waals surface area contributed by atoms with Crippen LogP contribution in [-0.4, -0.2) is 38.1 Å². The van der Waals surface area contributed by atoms with E-state index in [0.717, 1.165) is 5.56 Å². The number of hydrogen-bond donors (Lipinski definition) is 1. The summed E-state index contributed by atoms with van der Waals surface area (Å²) in [7, 11) is 1.67. The van der Waals surface area contributed by atoms with Crippen LogP contribution in [0.5, 0.6) is 0 Å². The Morgan fingerprint density at radius 1 is 1.14 bits per heavy atom. The van der Waals surface area contributed by atoms with Gasteiger partial charge in [-0.1, -0.05) is 30.3 Å². The van der Waals surface area contributed by atoms with Crippen LogP contribution in [0, 0.1) is 0 Å². The topological polar surface area (TPSA) is 73.9 Å². The number of likely N-dealkylation sites (N-methyl/N-ethyl adjacent to an activating group) is 1. The smallest absolute Gasteiger partial charge is 0.431 e. The predicted octanol–water partition coefficient (Wildman–Crippen LogP) is 1.88. The molecule has 0 radical (unpaired) electrons. The van der Waals surface area contributed by atoms with Crippen LogP contribution in [0.3, 0.4) is 0 Å². The van der Waals surface area contributed by atoms with Crippen LogP contribution in [0.15, 0.2) is 30.3 Å². The minimum Gasteiger partial charge on any atom is -0.431 e. The summed E-state index contributed by atoms with van der Waals surface area (Å²) in [5, 5.41) is 2.87. The maximum Gasteiger partial charge on any atom is 0.511 e. The zero-order chi connectivity index (χ0) is 15.7. The maximum atomic E-state index is 11.9. The van der Waals surface area contributed by atoms with E-state index >= 15 is 0 Å². The molecule has 0 saturated carbocycles. The van der Waals surface area contributed by atoms with Crippen LogP contribution in [0.2, 0.25) is 0 Å².